The van der Waals surface area contributed by atoms with E-state index >= 15 is 0 Å². The summed E-state index contributed by atoms with van der Waals surface area (Å²) in [5, 5.41) is 4.66. The number of rotatable bonds is 11. The number of hydrogen-bond donors (Lipinski definition) is 2. The van der Waals surface area contributed by atoms with Crippen molar-refractivity contribution in [2.75, 3.05) is 39.5 Å². The number of aliphatic imine (C=N–C) groups is 2. The van der Waals surface area contributed by atoms with Crippen molar-refractivity contribution < 1.29 is 9.47 Å². The van der Waals surface area contributed by atoms with Gasteiger partial charge in [0.1, 0.15) is 6.10 Å². The number of ether oxygens (including phenoxy) is 2. The second-order valence-corrected chi connectivity index (χ2v) is 10.8. The summed E-state index contributed by atoms with van der Waals surface area (Å²) in [6.45, 7) is 11.0. The number of nitrogens with two attached hydrogens (primary N) is 1. The van der Waals surface area contributed by atoms with Crippen molar-refractivity contribution in [3.05, 3.63) is 65.5 Å². The molecule has 8 heteroatoms. The molecular weight excluding hydrogens is 488 g/mol. The molecule has 5 rings (SSSR count). The van der Waals surface area contributed by atoms with Crippen LogP contribution in [0.1, 0.15) is 51.7 Å². The topological polar surface area (TPSA) is 97.4 Å². The highest BCUT2D eigenvalue weighted by Crippen LogP contribution is 2.36. The number of allylic oxidation sites excluding steroid dienone is 2. The minimum Gasteiger partial charge on any atom is -0.379 e. The predicted molar refractivity (Wildman–Crippen MR) is 158 cm³/mol. The summed E-state index contributed by atoms with van der Waals surface area (Å²) in [6, 6.07) is 11.0. The maximum absolute atomic E-state index is 6.51. The number of likely N-dealkylation sites (tertiary alicyclic amines) is 1. The molecule has 1 saturated heterocycles. The van der Waals surface area contributed by atoms with Gasteiger partial charge >= 0.3 is 0 Å². The van der Waals surface area contributed by atoms with E-state index in [1.807, 2.05) is 19.2 Å². The van der Waals surface area contributed by atoms with Crippen molar-refractivity contribution in [2.24, 2.45) is 21.6 Å². The number of benzene rings is 1. The first-order valence-corrected chi connectivity index (χ1v) is 14.4. The first-order chi connectivity index (χ1) is 19.1. The summed E-state index contributed by atoms with van der Waals surface area (Å²) in [5.41, 5.74) is 11.1. The van der Waals surface area contributed by atoms with Crippen molar-refractivity contribution >= 4 is 22.6 Å². The molecule has 1 aromatic heterocycles. The van der Waals surface area contributed by atoms with Gasteiger partial charge in [-0.25, -0.2) is 9.98 Å². The molecule has 0 amide bonds. The van der Waals surface area contributed by atoms with Crippen LogP contribution < -0.4 is 11.1 Å². The van der Waals surface area contributed by atoms with Gasteiger partial charge in [-0.05, 0) is 31.7 Å². The van der Waals surface area contributed by atoms with Crippen LogP contribution in [0.5, 0.6) is 0 Å². The maximum atomic E-state index is 6.51. The third-order valence-electron chi connectivity index (χ3n) is 7.89. The number of aromatic nitrogens is 1. The summed E-state index contributed by atoms with van der Waals surface area (Å²) in [6.07, 6.45) is 8.68. The van der Waals surface area contributed by atoms with E-state index in [-0.39, 0.29) is 12.1 Å². The number of nitrogens with zero attached hydrogens (tertiary/aromatic N) is 4. The molecule has 208 valence electrons. The molecule has 3 heterocycles. The van der Waals surface area contributed by atoms with Crippen molar-refractivity contribution in [1.82, 2.24) is 15.2 Å². The highest BCUT2D eigenvalue weighted by molar-refractivity contribution is 6.16. The van der Waals surface area contributed by atoms with E-state index in [4.69, 9.17) is 30.2 Å². The van der Waals surface area contributed by atoms with E-state index < -0.39 is 0 Å². The maximum Gasteiger partial charge on any atom is 0.223 e. The first-order valence-electron chi connectivity index (χ1n) is 14.4. The Labute approximate surface area is 232 Å². The van der Waals surface area contributed by atoms with Crippen LogP contribution in [0.25, 0.3) is 10.9 Å². The highest BCUT2D eigenvalue weighted by atomic mass is 16.5. The molecule has 0 bridgehead atoms. The predicted octanol–water partition coefficient (Wildman–Crippen LogP) is 4.39. The molecule has 1 aromatic carbocycles. The minimum absolute atomic E-state index is 0.261. The van der Waals surface area contributed by atoms with E-state index in [1.54, 1.807) is 0 Å². The number of piperidine rings is 1. The van der Waals surface area contributed by atoms with Crippen LogP contribution in [0.4, 0.5) is 0 Å². The standard InChI is InChI=1S/C31H42N6O2/c1-4-38-18-19-39-30(24-10-5-8-22-9-7-15-33-28(22)24)25-11-6-12-26-29(25)36-31(35-26)34-23-13-16-37(17-14-23)27(20-32)21(2)3/h5-11,15,21,23,27,30H,4,12-14,16-20,32H2,1-3H3,(H,34,36). The lowest BCUT2D eigenvalue weighted by Crippen LogP contribution is -2.48. The van der Waals surface area contributed by atoms with Gasteiger partial charge in [-0.1, -0.05) is 50.3 Å². The van der Waals surface area contributed by atoms with E-state index in [2.05, 4.69) is 60.5 Å². The van der Waals surface area contributed by atoms with Gasteiger partial charge in [-0.15, -0.1) is 0 Å². The van der Waals surface area contributed by atoms with Crippen molar-refractivity contribution in [1.29, 1.82) is 0 Å². The molecule has 1 fully saturated rings. The van der Waals surface area contributed by atoms with Gasteiger partial charge in [0.15, 0.2) is 0 Å². The summed E-state index contributed by atoms with van der Waals surface area (Å²) < 4.78 is 12.1. The summed E-state index contributed by atoms with van der Waals surface area (Å²) in [5.74, 6) is 1.27. The third kappa shape index (κ3) is 6.30. The molecular formula is C31H42N6O2. The Kier molecular flexibility index (Phi) is 9.19. The van der Waals surface area contributed by atoms with Crippen LogP contribution >= 0.6 is 0 Å². The fourth-order valence-corrected chi connectivity index (χ4v) is 5.86. The molecule has 2 aromatic rings. The van der Waals surface area contributed by atoms with Crippen LogP contribution in [0.15, 0.2) is 69.9 Å². The van der Waals surface area contributed by atoms with Crippen LogP contribution in [0, 0.1) is 5.92 Å². The average molecular weight is 531 g/mol. The number of nitrogens with one attached hydrogen (secondary N) is 1. The zero-order valence-electron chi connectivity index (χ0n) is 23.5. The number of para-hydroxylation sites is 1. The fraction of sp³-hybridized carbons (Fsp3) is 0.516. The van der Waals surface area contributed by atoms with E-state index in [9.17, 15) is 0 Å². The number of hydrogen-bond acceptors (Lipinski definition) is 6. The second-order valence-electron chi connectivity index (χ2n) is 10.8. The molecule has 0 saturated carbocycles. The number of guanidine groups is 1. The van der Waals surface area contributed by atoms with Gasteiger partial charge in [0.2, 0.25) is 5.96 Å². The van der Waals surface area contributed by atoms with Gasteiger partial charge in [-0.3, -0.25) is 9.88 Å². The van der Waals surface area contributed by atoms with Gasteiger partial charge in [0.05, 0.1) is 36.2 Å². The Morgan fingerprint density at radius 1 is 1.15 bits per heavy atom. The second kappa shape index (κ2) is 13.0. The Balaban J connectivity index is 1.38. The fourth-order valence-electron chi connectivity index (χ4n) is 5.86. The molecule has 2 unspecified atom stereocenters. The number of fused-ring (bicyclic) bond motifs is 2. The smallest absolute Gasteiger partial charge is 0.223 e. The molecule has 2 atom stereocenters. The van der Waals surface area contributed by atoms with E-state index in [0.717, 1.165) is 65.8 Å². The van der Waals surface area contributed by atoms with Gasteiger partial charge < -0.3 is 20.5 Å². The van der Waals surface area contributed by atoms with Crippen molar-refractivity contribution in [3.63, 3.8) is 0 Å². The van der Waals surface area contributed by atoms with Crippen molar-refractivity contribution in [3.8, 4) is 0 Å². The molecule has 1 aliphatic carbocycles. The summed E-state index contributed by atoms with van der Waals surface area (Å²) in [7, 11) is 0. The van der Waals surface area contributed by atoms with E-state index in [0.29, 0.717) is 44.3 Å². The molecule has 0 spiro atoms. The molecule has 2 aliphatic heterocycles. The van der Waals surface area contributed by atoms with Crippen LogP contribution in [0.2, 0.25) is 0 Å². The SMILES string of the molecule is CCOCCOC(C1=C2NC(=NC3CCN(C(CN)C(C)C)CC3)N=C2CC=C1)c1cccc2cccnc12. The first kappa shape index (κ1) is 27.6. The zero-order chi connectivity index (χ0) is 27.2. The van der Waals surface area contributed by atoms with Gasteiger partial charge in [0, 0.05) is 61.4 Å². The number of pyridine rings is 1. The van der Waals surface area contributed by atoms with Crippen LogP contribution in [0.3, 0.4) is 0 Å². The average Bonchev–Trinajstić information content (AvgIpc) is 3.37. The quantitative estimate of drug-likeness (QED) is 0.418. The lowest BCUT2D eigenvalue weighted by molar-refractivity contribution is 0.0232. The van der Waals surface area contributed by atoms with Gasteiger partial charge in [0.25, 0.3) is 0 Å². The Morgan fingerprint density at radius 3 is 2.74 bits per heavy atom. The summed E-state index contributed by atoms with van der Waals surface area (Å²) >= 11 is 0. The molecule has 3 N–H and O–H groups in total. The molecule has 0 radical (unpaired) electrons. The van der Waals surface area contributed by atoms with E-state index in [1.165, 1.54) is 0 Å². The molecule has 3 aliphatic rings. The minimum atomic E-state index is -0.305. The normalized spacial score (nSPS) is 20.9. The van der Waals surface area contributed by atoms with Crippen LogP contribution in [-0.2, 0) is 9.47 Å². The van der Waals surface area contributed by atoms with Crippen molar-refractivity contribution in [2.45, 2.75) is 58.2 Å². The van der Waals surface area contributed by atoms with Gasteiger partial charge in [-0.2, -0.15) is 0 Å². The van der Waals surface area contributed by atoms with Crippen LogP contribution in [-0.4, -0.2) is 73.1 Å². The molecule has 39 heavy (non-hydrogen) atoms. The Hall–Kier alpha value is -2.91. The lowest BCUT2D eigenvalue weighted by Gasteiger charge is -2.38. The Bertz CT molecular complexity index is 1250. The Morgan fingerprint density at radius 2 is 1.97 bits per heavy atom. The lowest BCUT2D eigenvalue weighted by atomic mass is 9.92. The molecule has 8 nitrogen and oxygen atoms in total. The monoisotopic (exact) mass is 530 g/mol. The highest BCUT2D eigenvalue weighted by Gasteiger charge is 2.31. The zero-order valence-corrected chi connectivity index (χ0v) is 23.5. The summed E-state index contributed by atoms with van der Waals surface area (Å²) in [4.78, 5) is 17.2. The largest absolute Gasteiger partial charge is 0.379 e. The third-order valence-corrected chi connectivity index (χ3v) is 7.89.